The maximum Gasteiger partial charge on any atom is 0.0829 e. The monoisotopic (exact) mass is 282 g/mol. The molecule has 0 heterocycles. The maximum absolute atomic E-state index is 10.4. The molecule has 1 nitrogen and oxygen atoms in total. The molecule has 1 saturated carbocycles. The fourth-order valence-electron chi connectivity index (χ4n) is 2.74. The van der Waals surface area contributed by atoms with Gasteiger partial charge in [-0.15, -0.1) is 0 Å². The highest BCUT2D eigenvalue weighted by atomic mass is 79.9. The third kappa shape index (κ3) is 2.67. The Balaban J connectivity index is 2.12. The number of hydrogen-bond donors (Lipinski definition) is 1. The molecule has 0 bridgehead atoms. The lowest BCUT2D eigenvalue weighted by Crippen LogP contribution is -2.20. The largest absolute Gasteiger partial charge is 0.388 e. The first-order chi connectivity index (χ1) is 7.68. The number of aliphatic hydroxyl groups is 1. The summed E-state index contributed by atoms with van der Waals surface area (Å²) in [4.78, 5) is 0. The van der Waals surface area contributed by atoms with Crippen molar-refractivity contribution < 1.29 is 5.11 Å². The summed E-state index contributed by atoms with van der Waals surface area (Å²) in [5.41, 5.74) is 1.04. The number of halogens is 1. The zero-order valence-corrected chi connectivity index (χ0v) is 11.3. The van der Waals surface area contributed by atoms with Crippen molar-refractivity contribution in [2.24, 2.45) is 11.8 Å². The van der Waals surface area contributed by atoms with Gasteiger partial charge in [0.1, 0.15) is 0 Å². The molecule has 2 rings (SSSR count). The zero-order chi connectivity index (χ0) is 11.5. The van der Waals surface area contributed by atoms with E-state index in [4.69, 9.17) is 0 Å². The molecule has 1 aromatic carbocycles. The fourth-order valence-corrected chi connectivity index (χ4v) is 3.26. The number of rotatable bonds is 2. The standard InChI is InChI=1S/C14H19BrO/c1-10-5-4-6-11(9-10)14(16)12-7-2-3-8-13(12)15/h2-3,7-8,10-11,14,16H,4-6,9H2,1H3. The van der Waals surface area contributed by atoms with Gasteiger partial charge in [0.2, 0.25) is 0 Å². The first kappa shape index (κ1) is 12.1. The molecule has 2 heteroatoms. The molecule has 3 atom stereocenters. The van der Waals surface area contributed by atoms with E-state index in [1.165, 1.54) is 12.8 Å². The van der Waals surface area contributed by atoms with Crippen LogP contribution in [0.5, 0.6) is 0 Å². The van der Waals surface area contributed by atoms with Crippen molar-refractivity contribution in [2.75, 3.05) is 0 Å². The molecular formula is C14H19BrO. The average Bonchev–Trinajstić information content (AvgIpc) is 2.29. The van der Waals surface area contributed by atoms with Crippen LogP contribution in [-0.4, -0.2) is 5.11 Å². The van der Waals surface area contributed by atoms with Crippen LogP contribution in [0.3, 0.4) is 0 Å². The number of aliphatic hydroxyl groups excluding tert-OH is 1. The molecule has 0 amide bonds. The molecule has 0 radical (unpaired) electrons. The third-order valence-corrected chi connectivity index (χ3v) is 4.37. The van der Waals surface area contributed by atoms with Crippen molar-refractivity contribution in [3.8, 4) is 0 Å². The van der Waals surface area contributed by atoms with Crippen LogP contribution in [-0.2, 0) is 0 Å². The Morgan fingerprint density at radius 3 is 2.75 bits per heavy atom. The Bertz CT molecular complexity index is 350. The first-order valence-electron chi connectivity index (χ1n) is 6.11. The van der Waals surface area contributed by atoms with E-state index >= 15 is 0 Å². The highest BCUT2D eigenvalue weighted by Crippen LogP contribution is 2.38. The Kier molecular flexibility index (Phi) is 4.04. The minimum atomic E-state index is -0.307. The first-order valence-corrected chi connectivity index (χ1v) is 6.90. The molecule has 1 aliphatic carbocycles. The SMILES string of the molecule is CC1CCCC(C(O)c2ccccc2Br)C1. The second kappa shape index (κ2) is 5.33. The van der Waals surface area contributed by atoms with Crippen molar-refractivity contribution in [2.45, 2.75) is 38.7 Å². The van der Waals surface area contributed by atoms with Crippen LogP contribution in [0.15, 0.2) is 28.7 Å². The predicted octanol–water partition coefficient (Wildman–Crippen LogP) is 4.31. The van der Waals surface area contributed by atoms with Gasteiger partial charge in [0.15, 0.2) is 0 Å². The minimum absolute atomic E-state index is 0.307. The molecule has 1 aromatic rings. The quantitative estimate of drug-likeness (QED) is 0.857. The summed E-state index contributed by atoms with van der Waals surface area (Å²) in [5.74, 6) is 1.19. The molecule has 0 aliphatic heterocycles. The van der Waals surface area contributed by atoms with Crippen molar-refractivity contribution in [3.05, 3.63) is 34.3 Å². The lowest BCUT2D eigenvalue weighted by Gasteiger charge is -2.31. The van der Waals surface area contributed by atoms with Gasteiger partial charge in [0.25, 0.3) is 0 Å². The molecule has 1 N–H and O–H groups in total. The third-order valence-electron chi connectivity index (χ3n) is 3.65. The van der Waals surface area contributed by atoms with E-state index in [2.05, 4.69) is 22.9 Å². The molecule has 88 valence electrons. The molecule has 16 heavy (non-hydrogen) atoms. The van der Waals surface area contributed by atoms with Gasteiger partial charge in [-0.1, -0.05) is 53.9 Å². The number of benzene rings is 1. The lowest BCUT2D eigenvalue weighted by atomic mass is 9.78. The van der Waals surface area contributed by atoms with E-state index < -0.39 is 0 Å². The smallest absolute Gasteiger partial charge is 0.0829 e. The van der Waals surface area contributed by atoms with E-state index in [0.29, 0.717) is 5.92 Å². The molecule has 0 saturated heterocycles. The van der Waals surface area contributed by atoms with Gasteiger partial charge in [-0.3, -0.25) is 0 Å². The molecule has 3 unspecified atom stereocenters. The fraction of sp³-hybridized carbons (Fsp3) is 0.571. The topological polar surface area (TPSA) is 20.2 Å². The van der Waals surface area contributed by atoms with Gasteiger partial charge in [0, 0.05) is 4.47 Å². The van der Waals surface area contributed by atoms with Crippen LogP contribution in [0.1, 0.15) is 44.3 Å². The van der Waals surface area contributed by atoms with Crippen molar-refractivity contribution in [1.82, 2.24) is 0 Å². The van der Waals surface area contributed by atoms with E-state index in [0.717, 1.165) is 28.8 Å². The summed E-state index contributed by atoms with van der Waals surface area (Å²) in [5, 5.41) is 10.4. The van der Waals surface area contributed by atoms with E-state index in [9.17, 15) is 5.11 Å². The van der Waals surface area contributed by atoms with Crippen LogP contribution in [0.4, 0.5) is 0 Å². The van der Waals surface area contributed by atoms with Gasteiger partial charge >= 0.3 is 0 Å². The van der Waals surface area contributed by atoms with E-state index in [-0.39, 0.29) is 6.10 Å². The van der Waals surface area contributed by atoms with E-state index in [1.54, 1.807) is 0 Å². The second-order valence-electron chi connectivity index (χ2n) is 5.00. The van der Waals surface area contributed by atoms with Crippen molar-refractivity contribution in [3.63, 3.8) is 0 Å². The summed E-state index contributed by atoms with van der Waals surface area (Å²) in [6.45, 7) is 2.29. The van der Waals surface area contributed by atoms with Crippen LogP contribution < -0.4 is 0 Å². The summed E-state index contributed by atoms with van der Waals surface area (Å²) in [6, 6.07) is 8.01. The summed E-state index contributed by atoms with van der Waals surface area (Å²) in [6.07, 6.45) is 4.58. The van der Waals surface area contributed by atoms with Gasteiger partial charge in [-0.2, -0.15) is 0 Å². The van der Waals surface area contributed by atoms with Crippen LogP contribution >= 0.6 is 15.9 Å². The van der Waals surface area contributed by atoms with Gasteiger partial charge in [-0.25, -0.2) is 0 Å². The molecule has 1 aliphatic rings. The van der Waals surface area contributed by atoms with Gasteiger partial charge < -0.3 is 5.11 Å². The van der Waals surface area contributed by atoms with Crippen molar-refractivity contribution in [1.29, 1.82) is 0 Å². The minimum Gasteiger partial charge on any atom is -0.388 e. The normalized spacial score (nSPS) is 27.7. The second-order valence-corrected chi connectivity index (χ2v) is 5.85. The highest BCUT2D eigenvalue weighted by molar-refractivity contribution is 9.10. The van der Waals surface area contributed by atoms with Crippen molar-refractivity contribution >= 4 is 15.9 Å². The van der Waals surface area contributed by atoms with E-state index in [1.807, 2.05) is 24.3 Å². The van der Waals surface area contributed by atoms with Crippen LogP contribution in [0, 0.1) is 11.8 Å². The van der Waals surface area contributed by atoms with Crippen LogP contribution in [0.25, 0.3) is 0 Å². The average molecular weight is 283 g/mol. The molecule has 0 aromatic heterocycles. The molecular weight excluding hydrogens is 264 g/mol. The summed E-state index contributed by atoms with van der Waals surface area (Å²) >= 11 is 3.52. The lowest BCUT2D eigenvalue weighted by molar-refractivity contribution is 0.0708. The maximum atomic E-state index is 10.4. The Hall–Kier alpha value is -0.340. The Morgan fingerprint density at radius 2 is 2.06 bits per heavy atom. The Labute approximate surface area is 106 Å². The molecule has 1 fully saturated rings. The zero-order valence-electron chi connectivity index (χ0n) is 9.70. The number of hydrogen-bond acceptors (Lipinski definition) is 1. The predicted molar refractivity (Wildman–Crippen MR) is 70.2 cm³/mol. The Morgan fingerprint density at radius 1 is 1.31 bits per heavy atom. The van der Waals surface area contributed by atoms with Gasteiger partial charge in [0.05, 0.1) is 6.10 Å². The van der Waals surface area contributed by atoms with Crippen LogP contribution in [0.2, 0.25) is 0 Å². The summed E-state index contributed by atoms with van der Waals surface area (Å²) < 4.78 is 1.03. The molecule has 0 spiro atoms. The van der Waals surface area contributed by atoms with Gasteiger partial charge in [-0.05, 0) is 36.3 Å². The summed E-state index contributed by atoms with van der Waals surface area (Å²) in [7, 11) is 0. The highest BCUT2D eigenvalue weighted by Gasteiger charge is 2.27.